The molecule has 1 aliphatic carbocycles. The van der Waals surface area contributed by atoms with E-state index in [0.29, 0.717) is 16.0 Å². The molecule has 0 saturated carbocycles. The van der Waals surface area contributed by atoms with Crippen molar-refractivity contribution in [1.29, 1.82) is 0 Å². The number of nitrogens with zero attached hydrogens (tertiary/aromatic N) is 1. The van der Waals surface area contributed by atoms with Crippen molar-refractivity contribution in [3.63, 3.8) is 0 Å². The number of rotatable bonds is 1. The molecule has 20 heavy (non-hydrogen) atoms. The Morgan fingerprint density at radius 3 is 2.65 bits per heavy atom. The molecule has 0 spiro atoms. The molecular formula is C16H16ClNO2. The lowest BCUT2D eigenvalue weighted by atomic mass is 9.91. The van der Waals surface area contributed by atoms with E-state index in [2.05, 4.69) is 4.98 Å². The average molecular weight is 290 g/mol. The van der Waals surface area contributed by atoms with Gasteiger partial charge in [-0.05, 0) is 49.4 Å². The molecule has 0 radical (unpaired) electrons. The number of carboxylic acids is 1. The van der Waals surface area contributed by atoms with Crippen LogP contribution >= 0.6 is 11.6 Å². The number of carbonyl (C=O) groups is 1. The summed E-state index contributed by atoms with van der Waals surface area (Å²) < 4.78 is 0. The van der Waals surface area contributed by atoms with Crippen LogP contribution in [0.1, 0.15) is 47.3 Å². The third kappa shape index (κ3) is 2.38. The quantitative estimate of drug-likeness (QED) is 0.854. The van der Waals surface area contributed by atoms with E-state index in [1.807, 2.05) is 6.07 Å². The lowest BCUT2D eigenvalue weighted by molar-refractivity contribution is 0.0697. The summed E-state index contributed by atoms with van der Waals surface area (Å²) in [6.07, 6.45) is 6.13. The number of benzene rings is 1. The second-order valence-electron chi connectivity index (χ2n) is 5.29. The first kappa shape index (κ1) is 13.4. The van der Waals surface area contributed by atoms with E-state index >= 15 is 0 Å². The van der Waals surface area contributed by atoms with Crippen LogP contribution in [0.2, 0.25) is 5.02 Å². The van der Waals surface area contributed by atoms with Gasteiger partial charge in [0.15, 0.2) is 0 Å². The fraction of sp³-hybridized carbons (Fsp3) is 0.375. The third-order valence-corrected chi connectivity index (χ3v) is 4.17. The van der Waals surface area contributed by atoms with Crippen molar-refractivity contribution in [2.75, 3.05) is 0 Å². The Balaban J connectivity index is 2.32. The van der Waals surface area contributed by atoms with Gasteiger partial charge in [0.1, 0.15) is 0 Å². The van der Waals surface area contributed by atoms with Gasteiger partial charge in [0, 0.05) is 16.1 Å². The van der Waals surface area contributed by atoms with Crippen LogP contribution < -0.4 is 0 Å². The van der Waals surface area contributed by atoms with Crippen molar-refractivity contribution in [2.45, 2.75) is 38.5 Å². The van der Waals surface area contributed by atoms with Gasteiger partial charge in [-0.1, -0.05) is 24.4 Å². The van der Waals surface area contributed by atoms with E-state index in [-0.39, 0.29) is 0 Å². The Morgan fingerprint density at radius 1 is 1.15 bits per heavy atom. The van der Waals surface area contributed by atoms with Crippen LogP contribution in [0.5, 0.6) is 0 Å². The normalized spacial score (nSPS) is 15.4. The zero-order chi connectivity index (χ0) is 14.1. The monoisotopic (exact) mass is 289 g/mol. The minimum atomic E-state index is -0.878. The molecule has 1 heterocycles. The lowest BCUT2D eigenvalue weighted by Crippen LogP contribution is -2.11. The number of fused-ring (bicyclic) bond motifs is 2. The topological polar surface area (TPSA) is 50.2 Å². The molecule has 2 aromatic rings. The highest BCUT2D eigenvalue weighted by molar-refractivity contribution is 6.31. The van der Waals surface area contributed by atoms with Gasteiger partial charge in [-0.15, -0.1) is 0 Å². The summed E-state index contributed by atoms with van der Waals surface area (Å²) in [4.78, 5) is 16.4. The van der Waals surface area contributed by atoms with Gasteiger partial charge in [-0.3, -0.25) is 4.98 Å². The van der Waals surface area contributed by atoms with Crippen LogP contribution in [0.25, 0.3) is 10.9 Å². The van der Waals surface area contributed by atoms with Crippen LogP contribution in [0, 0.1) is 0 Å². The number of hydrogen-bond acceptors (Lipinski definition) is 2. The standard InChI is InChI=1S/C16H16ClNO2/c17-10-7-8-14-12(9-10)15(16(19)20)11-5-3-1-2-4-6-13(11)18-14/h7-9H,1-6H2,(H,19,20). The summed E-state index contributed by atoms with van der Waals surface area (Å²) in [6, 6.07) is 5.29. The fourth-order valence-corrected chi connectivity index (χ4v) is 3.17. The van der Waals surface area contributed by atoms with E-state index in [1.165, 1.54) is 6.42 Å². The highest BCUT2D eigenvalue weighted by Crippen LogP contribution is 2.29. The van der Waals surface area contributed by atoms with Crippen LogP contribution in [0.4, 0.5) is 0 Å². The Hall–Kier alpha value is -1.61. The predicted octanol–water partition coefficient (Wildman–Crippen LogP) is 4.25. The summed E-state index contributed by atoms with van der Waals surface area (Å²) in [7, 11) is 0. The zero-order valence-electron chi connectivity index (χ0n) is 11.2. The van der Waals surface area contributed by atoms with Crippen molar-refractivity contribution >= 4 is 28.5 Å². The summed E-state index contributed by atoms with van der Waals surface area (Å²) >= 11 is 6.02. The van der Waals surface area contributed by atoms with E-state index in [4.69, 9.17) is 11.6 Å². The first-order chi connectivity index (χ1) is 9.66. The molecule has 0 saturated heterocycles. The number of aromatic nitrogens is 1. The number of aromatic carboxylic acids is 1. The molecule has 1 aliphatic rings. The molecule has 0 amide bonds. The van der Waals surface area contributed by atoms with Crippen LogP contribution in [0.3, 0.4) is 0 Å². The number of aryl methyl sites for hydroxylation is 1. The molecule has 4 heteroatoms. The molecule has 1 aromatic carbocycles. The number of carboxylic acid groups (broad SMARTS) is 1. The van der Waals surface area contributed by atoms with Crippen LogP contribution in [0.15, 0.2) is 18.2 Å². The predicted molar refractivity (Wildman–Crippen MR) is 79.6 cm³/mol. The van der Waals surface area contributed by atoms with Gasteiger partial charge < -0.3 is 5.11 Å². The maximum atomic E-state index is 11.7. The first-order valence-corrected chi connectivity index (χ1v) is 7.39. The van der Waals surface area contributed by atoms with Gasteiger partial charge in [-0.2, -0.15) is 0 Å². The highest BCUT2D eigenvalue weighted by Gasteiger charge is 2.20. The molecule has 1 aromatic heterocycles. The van der Waals surface area contributed by atoms with Crippen LogP contribution in [-0.2, 0) is 12.8 Å². The second-order valence-corrected chi connectivity index (χ2v) is 5.73. The Kier molecular flexibility index (Phi) is 3.62. The minimum absolute atomic E-state index is 0.398. The van der Waals surface area contributed by atoms with Gasteiger partial charge in [0.25, 0.3) is 0 Å². The van der Waals surface area contributed by atoms with Crippen molar-refractivity contribution in [3.8, 4) is 0 Å². The Morgan fingerprint density at radius 2 is 1.90 bits per heavy atom. The molecule has 104 valence electrons. The van der Waals surface area contributed by atoms with E-state index < -0.39 is 5.97 Å². The largest absolute Gasteiger partial charge is 0.478 e. The summed E-state index contributed by atoms with van der Waals surface area (Å²) in [5.41, 5.74) is 2.99. The van der Waals surface area contributed by atoms with Crippen molar-refractivity contribution in [3.05, 3.63) is 40.0 Å². The maximum Gasteiger partial charge on any atom is 0.336 e. The molecule has 0 bridgehead atoms. The van der Waals surface area contributed by atoms with Gasteiger partial charge in [-0.25, -0.2) is 4.79 Å². The molecule has 0 fully saturated rings. The van der Waals surface area contributed by atoms with Crippen molar-refractivity contribution in [2.24, 2.45) is 0 Å². The van der Waals surface area contributed by atoms with Crippen LogP contribution in [-0.4, -0.2) is 16.1 Å². The Bertz CT molecular complexity index is 682. The van der Waals surface area contributed by atoms with Gasteiger partial charge >= 0.3 is 5.97 Å². The van der Waals surface area contributed by atoms with Crippen molar-refractivity contribution in [1.82, 2.24) is 4.98 Å². The number of pyridine rings is 1. The fourth-order valence-electron chi connectivity index (χ4n) is 2.99. The molecule has 1 N–H and O–H groups in total. The van der Waals surface area contributed by atoms with Gasteiger partial charge in [0.2, 0.25) is 0 Å². The molecular weight excluding hydrogens is 274 g/mol. The Labute approximate surface area is 122 Å². The first-order valence-electron chi connectivity index (χ1n) is 7.01. The SMILES string of the molecule is O=C(O)c1c2c(nc3ccc(Cl)cc13)CCCCCC2. The summed E-state index contributed by atoms with van der Waals surface area (Å²) in [6.45, 7) is 0. The molecule has 3 rings (SSSR count). The summed E-state index contributed by atoms with van der Waals surface area (Å²) in [5, 5.41) is 10.8. The minimum Gasteiger partial charge on any atom is -0.478 e. The molecule has 0 aliphatic heterocycles. The zero-order valence-corrected chi connectivity index (χ0v) is 11.9. The average Bonchev–Trinajstić information content (AvgIpc) is 2.38. The van der Waals surface area contributed by atoms with E-state index in [9.17, 15) is 9.90 Å². The van der Waals surface area contributed by atoms with Gasteiger partial charge in [0.05, 0.1) is 11.1 Å². The summed E-state index contributed by atoms with van der Waals surface area (Å²) in [5.74, 6) is -0.878. The van der Waals surface area contributed by atoms with E-state index in [0.717, 1.165) is 48.9 Å². The highest BCUT2D eigenvalue weighted by atomic mass is 35.5. The second kappa shape index (κ2) is 5.41. The third-order valence-electron chi connectivity index (χ3n) is 3.94. The molecule has 0 unspecified atom stereocenters. The number of halogens is 1. The number of hydrogen-bond donors (Lipinski definition) is 1. The lowest BCUT2D eigenvalue weighted by Gasteiger charge is -2.17. The smallest absolute Gasteiger partial charge is 0.336 e. The maximum absolute atomic E-state index is 11.7. The molecule has 0 atom stereocenters. The van der Waals surface area contributed by atoms with E-state index in [1.54, 1.807) is 12.1 Å². The molecule has 3 nitrogen and oxygen atoms in total. The van der Waals surface area contributed by atoms with Crippen molar-refractivity contribution < 1.29 is 9.90 Å².